The number of methoxy groups -OCH3 is 1. The molecule has 0 radical (unpaired) electrons. The van der Waals surface area contributed by atoms with Crippen molar-refractivity contribution in [3.63, 3.8) is 0 Å². The molecule has 0 aliphatic rings. The minimum atomic E-state index is -0.326. The van der Waals surface area contributed by atoms with Gasteiger partial charge in [-0.1, -0.05) is 32.9 Å². The fourth-order valence-corrected chi connectivity index (χ4v) is 4.41. The Morgan fingerprint density at radius 1 is 0.586 bits per heavy atom. The Bertz CT molecular complexity index is 825. The molecule has 0 saturated carbocycles. The summed E-state index contributed by atoms with van der Waals surface area (Å²) < 4.78 is 18.2. The van der Waals surface area contributed by atoms with Gasteiger partial charge in [0, 0.05) is 13.5 Å². The Morgan fingerprint density at radius 2 is 1.00 bits per heavy atom. The molecule has 0 heterocycles. The molecular weight excluding hydrogens is 360 g/mol. The Hall–Kier alpha value is -1.74. The van der Waals surface area contributed by atoms with Crippen LogP contribution in [0.4, 0.5) is 0 Å². The highest BCUT2D eigenvalue weighted by atomic mass is 16.5. The third-order valence-corrected chi connectivity index (χ3v) is 4.93. The molecule has 2 aromatic rings. The van der Waals surface area contributed by atoms with E-state index in [0.29, 0.717) is 0 Å². The minimum Gasteiger partial charge on any atom is -0.488 e. The second-order valence-corrected chi connectivity index (χ2v) is 11.3. The van der Waals surface area contributed by atoms with Gasteiger partial charge in [0.05, 0.1) is 5.60 Å². The predicted octanol–water partition coefficient (Wildman–Crippen LogP) is 7.41. The molecule has 3 nitrogen and oxygen atoms in total. The van der Waals surface area contributed by atoms with Crippen molar-refractivity contribution in [3.8, 4) is 11.5 Å². The zero-order chi connectivity index (χ0) is 22.1. The van der Waals surface area contributed by atoms with Gasteiger partial charge >= 0.3 is 0 Å². The maximum absolute atomic E-state index is 6.32. The quantitative estimate of drug-likeness (QED) is 0.462. The average molecular weight is 401 g/mol. The summed E-state index contributed by atoms with van der Waals surface area (Å²) >= 11 is 0. The number of ether oxygens (including phenoxy) is 3. The van der Waals surface area contributed by atoms with E-state index in [2.05, 4.69) is 92.6 Å². The molecule has 0 N–H and O–H groups in total. The van der Waals surface area contributed by atoms with E-state index in [9.17, 15) is 0 Å². The van der Waals surface area contributed by atoms with Crippen LogP contribution in [0, 0.1) is 5.41 Å². The second-order valence-electron chi connectivity index (χ2n) is 11.3. The van der Waals surface area contributed by atoms with Gasteiger partial charge in [0.25, 0.3) is 0 Å². The highest BCUT2D eigenvalue weighted by Crippen LogP contribution is 2.34. The maximum Gasteiger partial charge on any atom is 0.120 e. The van der Waals surface area contributed by atoms with Crippen molar-refractivity contribution in [3.05, 3.63) is 36.4 Å². The molecule has 0 fully saturated rings. The molecular formula is C26H40O3. The molecule has 0 saturated heterocycles. The van der Waals surface area contributed by atoms with E-state index in [4.69, 9.17) is 14.2 Å². The molecule has 0 aliphatic heterocycles. The Morgan fingerprint density at radius 3 is 1.38 bits per heavy atom. The fraction of sp³-hybridized carbons (Fsp3) is 0.615. The monoisotopic (exact) mass is 400 g/mol. The topological polar surface area (TPSA) is 27.7 Å². The smallest absolute Gasteiger partial charge is 0.120 e. The summed E-state index contributed by atoms with van der Waals surface area (Å²) in [5.74, 6) is 1.78. The molecule has 29 heavy (non-hydrogen) atoms. The van der Waals surface area contributed by atoms with Gasteiger partial charge in [-0.2, -0.15) is 0 Å². The van der Waals surface area contributed by atoms with Gasteiger partial charge in [-0.05, 0) is 88.4 Å². The third-order valence-electron chi connectivity index (χ3n) is 4.93. The lowest BCUT2D eigenvalue weighted by atomic mass is 9.83. The van der Waals surface area contributed by atoms with Gasteiger partial charge in [-0.25, -0.2) is 0 Å². The van der Waals surface area contributed by atoms with Crippen molar-refractivity contribution in [2.24, 2.45) is 5.41 Å². The molecule has 0 spiro atoms. The first-order valence-electron chi connectivity index (χ1n) is 10.6. The van der Waals surface area contributed by atoms with Crippen molar-refractivity contribution >= 4 is 10.8 Å². The lowest BCUT2D eigenvalue weighted by molar-refractivity contribution is -0.0402. The SMILES string of the molecule is COC(C)(C)CC(C)(C)Oc1ccc2cc(OC(C)(C)CC(C)(C)C)ccc2c1. The van der Waals surface area contributed by atoms with Crippen LogP contribution in [0.25, 0.3) is 10.8 Å². The number of hydrogen-bond donors (Lipinski definition) is 0. The molecule has 2 rings (SSSR count). The molecule has 3 heteroatoms. The van der Waals surface area contributed by atoms with Crippen LogP contribution in [0.2, 0.25) is 0 Å². The third kappa shape index (κ3) is 7.54. The highest BCUT2D eigenvalue weighted by molar-refractivity contribution is 5.85. The standard InChI is InChI=1S/C26H40O3/c1-23(2,3)17-25(6,7)28-21-13-11-20-16-22(14-12-19(20)15-21)29-26(8,9)18-24(4,5)27-10/h11-16H,17-18H2,1-10H3. The molecule has 162 valence electrons. The number of benzene rings is 2. The normalized spacial score (nSPS) is 13.6. The van der Waals surface area contributed by atoms with Crippen molar-refractivity contribution < 1.29 is 14.2 Å². The van der Waals surface area contributed by atoms with Crippen LogP contribution in [-0.2, 0) is 4.74 Å². The van der Waals surface area contributed by atoms with Crippen LogP contribution in [0.15, 0.2) is 36.4 Å². The van der Waals surface area contributed by atoms with Crippen molar-refractivity contribution in [2.45, 2.75) is 92.0 Å². The summed E-state index contributed by atoms with van der Waals surface area (Å²) in [4.78, 5) is 0. The first-order chi connectivity index (χ1) is 13.1. The van der Waals surface area contributed by atoms with E-state index in [-0.39, 0.29) is 22.2 Å². The van der Waals surface area contributed by atoms with E-state index < -0.39 is 0 Å². The molecule has 2 aromatic carbocycles. The zero-order valence-electron chi connectivity index (χ0n) is 20.1. The number of hydrogen-bond acceptors (Lipinski definition) is 3. The lowest BCUT2D eigenvalue weighted by Crippen LogP contribution is -2.38. The highest BCUT2D eigenvalue weighted by Gasteiger charge is 2.30. The van der Waals surface area contributed by atoms with Gasteiger partial charge < -0.3 is 14.2 Å². The van der Waals surface area contributed by atoms with Crippen molar-refractivity contribution in [1.29, 1.82) is 0 Å². The maximum atomic E-state index is 6.32. The number of rotatable bonds is 8. The zero-order valence-corrected chi connectivity index (χ0v) is 20.1. The van der Waals surface area contributed by atoms with E-state index in [1.54, 1.807) is 7.11 Å². The van der Waals surface area contributed by atoms with Crippen LogP contribution >= 0.6 is 0 Å². The van der Waals surface area contributed by atoms with E-state index in [1.807, 2.05) is 6.07 Å². The van der Waals surface area contributed by atoms with Crippen molar-refractivity contribution in [1.82, 2.24) is 0 Å². The first kappa shape index (κ1) is 23.5. The van der Waals surface area contributed by atoms with E-state index in [0.717, 1.165) is 35.1 Å². The summed E-state index contributed by atoms with van der Waals surface area (Å²) in [5.41, 5.74) is -0.552. The van der Waals surface area contributed by atoms with Crippen LogP contribution < -0.4 is 9.47 Å². The molecule has 0 aromatic heterocycles. The summed E-state index contributed by atoms with van der Waals surface area (Å²) in [7, 11) is 1.74. The van der Waals surface area contributed by atoms with Gasteiger partial charge in [-0.3, -0.25) is 0 Å². The van der Waals surface area contributed by atoms with Crippen LogP contribution in [0.3, 0.4) is 0 Å². The molecule has 0 atom stereocenters. The van der Waals surface area contributed by atoms with Gasteiger partial charge in [0.15, 0.2) is 0 Å². The summed E-state index contributed by atoms with van der Waals surface area (Å²) in [6.45, 7) is 19.4. The number of fused-ring (bicyclic) bond motifs is 1. The van der Waals surface area contributed by atoms with E-state index >= 15 is 0 Å². The fourth-order valence-electron chi connectivity index (χ4n) is 4.41. The van der Waals surface area contributed by atoms with Gasteiger partial charge in [0.2, 0.25) is 0 Å². The molecule has 0 amide bonds. The molecule has 0 unspecified atom stereocenters. The first-order valence-corrected chi connectivity index (χ1v) is 10.6. The molecule has 0 bridgehead atoms. The Balaban J connectivity index is 2.17. The van der Waals surface area contributed by atoms with Crippen LogP contribution in [0.1, 0.15) is 75.2 Å². The minimum absolute atomic E-state index is 0.215. The summed E-state index contributed by atoms with van der Waals surface area (Å²) in [6, 6.07) is 12.5. The summed E-state index contributed by atoms with van der Waals surface area (Å²) in [5, 5.41) is 2.29. The largest absolute Gasteiger partial charge is 0.488 e. The van der Waals surface area contributed by atoms with E-state index in [1.165, 1.54) is 0 Å². The average Bonchev–Trinajstić information content (AvgIpc) is 2.50. The molecule has 0 aliphatic carbocycles. The van der Waals surface area contributed by atoms with Gasteiger partial charge in [-0.15, -0.1) is 0 Å². The van der Waals surface area contributed by atoms with Gasteiger partial charge in [0.1, 0.15) is 22.7 Å². The van der Waals surface area contributed by atoms with Crippen LogP contribution in [-0.4, -0.2) is 23.9 Å². The summed E-state index contributed by atoms with van der Waals surface area (Å²) in [6.07, 6.45) is 1.78. The lowest BCUT2D eigenvalue weighted by Gasteiger charge is -2.34. The van der Waals surface area contributed by atoms with Crippen molar-refractivity contribution in [2.75, 3.05) is 7.11 Å². The second kappa shape index (κ2) is 8.18. The predicted molar refractivity (Wildman–Crippen MR) is 123 cm³/mol. The van der Waals surface area contributed by atoms with Crippen LogP contribution in [0.5, 0.6) is 11.5 Å². The Labute approximate surface area is 177 Å². The Kier molecular flexibility index (Phi) is 6.64.